The molecule has 19 heavy (non-hydrogen) atoms. The Morgan fingerprint density at radius 1 is 1.26 bits per heavy atom. The Morgan fingerprint density at radius 2 is 1.89 bits per heavy atom. The van der Waals surface area contributed by atoms with Crippen LogP contribution >= 0.6 is 11.6 Å². The quantitative estimate of drug-likeness (QED) is 0.749. The highest BCUT2D eigenvalue weighted by molar-refractivity contribution is 6.17. The van der Waals surface area contributed by atoms with Crippen molar-refractivity contribution in [3.63, 3.8) is 0 Å². The van der Waals surface area contributed by atoms with Gasteiger partial charge in [0.05, 0.1) is 0 Å². The molecule has 112 valence electrons. The molecule has 1 saturated heterocycles. The van der Waals surface area contributed by atoms with Crippen molar-refractivity contribution in [2.45, 2.75) is 58.7 Å². The molecular formula is C14H27ClN2O2. The maximum atomic E-state index is 12.2. The topological polar surface area (TPSA) is 32.8 Å². The Bertz CT molecular complexity index is 304. The van der Waals surface area contributed by atoms with E-state index in [0.29, 0.717) is 11.9 Å². The minimum absolute atomic E-state index is 0.182. The molecule has 0 saturated carbocycles. The van der Waals surface area contributed by atoms with Gasteiger partial charge >= 0.3 is 6.09 Å². The molecule has 1 aliphatic heterocycles. The lowest BCUT2D eigenvalue weighted by atomic mass is 10.1. The Hall–Kier alpha value is -0.480. The van der Waals surface area contributed by atoms with Gasteiger partial charge in [0.1, 0.15) is 5.60 Å². The van der Waals surface area contributed by atoms with Crippen LogP contribution in [0.2, 0.25) is 0 Å². The highest BCUT2D eigenvalue weighted by atomic mass is 35.5. The van der Waals surface area contributed by atoms with Crippen LogP contribution in [0, 0.1) is 0 Å². The molecule has 4 nitrogen and oxygen atoms in total. The van der Waals surface area contributed by atoms with Crippen LogP contribution in [0.25, 0.3) is 0 Å². The number of ether oxygens (including phenoxy) is 1. The zero-order valence-electron chi connectivity index (χ0n) is 12.8. The lowest BCUT2D eigenvalue weighted by Crippen LogP contribution is -2.58. The van der Waals surface area contributed by atoms with Crippen molar-refractivity contribution in [1.82, 2.24) is 9.80 Å². The molecule has 0 spiro atoms. The molecule has 0 aromatic carbocycles. The van der Waals surface area contributed by atoms with Gasteiger partial charge in [-0.3, -0.25) is 4.90 Å². The normalized spacial score (nSPS) is 25.5. The minimum atomic E-state index is -0.435. The molecule has 0 aliphatic carbocycles. The van der Waals surface area contributed by atoms with Crippen molar-refractivity contribution in [2.24, 2.45) is 0 Å². The van der Waals surface area contributed by atoms with E-state index in [2.05, 4.69) is 18.7 Å². The summed E-state index contributed by atoms with van der Waals surface area (Å²) in [5, 5.41) is 0. The predicted molar refractivity (Wildman–Crippen MR) is 78.8 cm³/mol. The van der Waals surface area contributed by atoms with Gasteiger partial charge in [0.25, 0.3) is 0 Å². The van der Waals surface area contributed by atoms with E-state index in [0.717, 1.165) is 26.1 Å². The van der Waals surface area contributed by atoms with Crippen LogP contribution in [0.15, 0.2) is 0 Å². The van der Waals surface area contributed by atoms with Crippen LogP contribution in [0.5, 0.6) is 0 Å². The maximum Gasteiger partial charge on any atom is 0.410 e. The van der Waals surface area contributed by atoms with Gasteiger partial charge in [-0.1, -0.05) is 0 Å². The van der Waals surface area contributed by atoms with Crippen molar-refractivity contribution in [2.75, 3.05) is 25.5 Å². The summed E-state index contributed by atoms with van der Waals surface area (Å²) < 4.78 is 5.46. The molecule has 1 heterocycles. The second-order valence-electron chi connectivity index (χ2n) is 6.37. The molecular weight excluding hydrogens is 264 g/mol. The molecule has 1 fully saturated rings. The zero-order chi connectivity index (χ0) is 14.6. The number of hydrogen-bond donors (Lipinski definition) is 0. The van der Waals surface area contributed by atoms with Gasteiger partial charge in [-0.15, -0.1) is 11.6 Å². The Morgan fingerprint density at radius 3 is 2.42 bits per heavy atom. The maximum absolute atomic E-state index is 12.2. The van der Waals surface area contributed by atoms with E-state index in [1.807, 2.05) is 25.7 Å². The molecule has 0 N–H and O–H groups in total. The Balaban J connectivity index is 2.57. The first-order valence-electron chi connectivity index (χ1n) is 7.04. The number of rotatable bonds is 3. The molecule has 0 aromatic heterocycles. The van der Waals surface area contributed by atoms with Gasteiger partial charge in [-0.2, -0.15) is 0 Å². The van der Waals surface area contributed by atoms with Crippen molar-refractivity contribution >= 4 is 17.7 Å². The average Bonchev–Trinajstić information content (AvgIpc) is 2.27. The molecule has 0 radical (unpaired) electrons. The van der Waals surface area contributed by atoms with Crippen LogP contribution in [0.4, 0.5) is 4.79 Å². The molecule has 1 unspecified atom stereocenters. The Kier molecular flexibility index (Phi) is 5.93. The van der Waals surface area contributed by atoms with Crippen molar-refractivity contribution in [1.29, 1.82) is 0 Å². The standard InChI is InChI=1S/C14H27ClN2O2/c1-11-10-17(13(18)19-14(3,4)5)12(2)9-16(11)8-6-7-15/h11-12H,6-10H2,1-5H3/t11?,12-/m0/s1. The fourth-order valence-corrected chi connectivity index (χ4v) is 2.47. The molecule has 0 aromatic rings. The number of nitrogens with zero attached hydrogens (tertiary/aromatic N) is 2. The molecule has 1 aliphatic rings. The number of carbonyl (C=O) groups is 1. The smallest absolute Gasteiger partial charge is 0.410 e. The third kappa shape index (κ3) is 5.19. The van der Waals surface area contributed by atoms with E-state index in [-0.39, 0.29) is 12.1 Å². The van der Waals surface area contributed by atoms with Gasteiger partial charge in [-0.05, 0) is 47.6 Å². The summed E-state index contributed by atoms with van der Waals surface area (Å²) >= 11 is 5.75. The fraction of sp³-hybridized carbons (Fsp3) is 0.929. The van der Waals surface area contributed by atoms with E-state index in [1.165, 1.54) is 0 Å². The number of piperazine rings is 1. The molecule has 1 amide bonds. The second kappa shape index (κ2) is 6.80. The largest absolute Gasteiger partial charge is 0.444 e. The van der Waals surface area contributed by atoms with Gasteiger partial charge in [0.2, 0.25) is 0 Å². The van der Waals surface area contributed by atoms with Gasteiger partial charge in [-0.25, -0.2) is 4.79 Å². The second-order valence-corrected chi connectivity index (χ2v) is 6.75. The van der Waals surface area contributed by atoms with Crippen molar-refractivity contribution < 1.29 is 9.53 Å². The van der Waals surface area contributed by atoms with E-state index in [4.69, 9.17) is 16.3 Å². The van der Waals surface area contributed by atoms with Crippen LogP contribution in [0.1, 0.15) is 41.0 Å². The highest BCUT2D eigenvalue weighted by Gasteiger charge is 2.33. The zero-order valence-corrected chi connectivity index (χ0v) is 13.5. The molecule has 2 atom stereocenters. The third-order valence-electron chi connectivity index (χ3n) is 3.32. The fourth-order valence-electron chi connectivity index (χ4n) is 2.35. The first kappa shape index (κ1) is 16.6. The minimum Gasteiger partial charge on any atom is -0.444 e. The van der Waals surface area contributed by atoms with E-state index in [1.54, 1.807) is 0 Å². The third-order valence-corrected chi connectivity index (χ3v) is 3.59. The molecule has 5 heteroatoms. The first-order valence-corrected chi connectivity index (χ1v) is 7.57. The summed E-state index contributed by atoms with van der Waals surface area (Å²) in [6, 6.07) is 0.535. The van der Waals surface area contributed by atoms with Crippen molar-refractivity contribution in [3.05, 3.63) is 0 Å². The van der Waals surface area contributed by atoms with Crippen LogP contribution in [-0.2, 0) is 4.74 Å². The number of amides is 1. The molecule has 0 bridgehead atoms. The lowest BCUT2D eigenvalue weighted by Gasteiger charge is -2.44. The van der Waals surface area contributed by atoms with Gasteiger partial charge in [0.15, 0.2) is 0 Å². The highest BCUT2D eigenvalue weighted by Crippen LogP contribution is 2.19. The summed E-state index contributed by atoms with van der Waals surface area (Å²) in [6.07, 6.45) is 0.786. The van der Waals surface area contributed by atoms with Gasteiger partial charge in [0, 0.05) is 31.1 Å². The SMILES string of the molecule is CC1CN(C(=O)OC(C)(C)C)[C@@H](C)CN1CCCCl. The number of alkyl halides is 1. The summed E-state index contributed by atoms with van der Waals surface area (Å²) in [4.78, 5) is 16.4. The number of halogens is 1. The summed E-state index contributed by atoms with van der Waals surface area (Å²) in [6.45, 7) is 12.5. The predicted octanol–water partition coefficient (Wildman–Crippen LogP) is 2.95. The van der Waals surface area contributed by atoms with Crippen molar-refractivity contribution in [3.8, 4) is 0 Å². The summed E-state index contributed by atoms with van der Waals surface area (Å²) in [7, 11) is 0. The van der Waals surface area contributed by atoms with E-state index >= 15 is 0 Å². The van der Waals surface area contributed by atoms with Crippen LogP contribution in [0.3, 0.4) is 0 Å². The van der Waals surface area contributed by atoms with E-state index in [9.17, 15) is 4.79 Å². The van der Waals surface area contributed by atoms with Crippen LogP contribution in [-0.4, -0.2) is 59.1 Å². The molecule has 1 rings (SSSR count). The Labute approximate surface area is 122 Å². The van der Waals surface area contributed by atoms with Gasteiger partial charge < -0.3 is 9.64 Å². The average molecular weight is 291 g/mol. The van der Waals surface area contributed by atoms with E-state index < -0.39 is 5.60 Å². The summed E-state index contributed by atoms with van der Waals surface area (Å²) in [5.74, 6) is 0.688. The number of carbonyl (C=O) groups excluding carboxylic acids is 1. The lowest BCUT2D eigenvalue weighted by molar-refractivity contribution is -0.00994. The van der Waals surface area contributed by atoms with Crippen LogP contribution < -0.4 is 0 Å². The monoisotopic (exact) mass is 290 g/mol. The number of hydrogen-bond acceptors (Lipinski definition) is 3. The first-order chi connectivity index (χ1) is 8.74. The summed E-state index contributed by atoms with van der Waals surface area (Å²) in [5.41, 5.74) is -0.435.